The van der Waals surface area contributed by atoms with Crippen molar-refractivity contribution in [3.63, 3.8) is 0 Å². The number of amides is 2. The van der Waals surface area contributed by atoms with Crippen molar-refractivity contribution in [1.29, 1.82) is 0 Å². The molecule has 0 heterocycles. The number of rotatable bonds is 10. The van der Waals surface area contributed by atoms with Crippen LogP contribution >= 0.6 is 15.9 Å². The van der Waals surface area contributed by atoms with Gasteiger partial charge in [-0.3, -0.25) is 13.9 Å². The standard InChI is InChI=1S/C30H33BrFN3O4S/c1-21-7-17-28(18-8-21)40(38,39)35(27-15-11-24(31)12-16-27)20-29(36)34(19-23-9-13-25(32)14-10-23)22(2)30(37)33-26-5-3-4-6-26/h7-18,22,26H,3-6,19-20H2,1-2H3,(H,33,37). The van der Waals surface area contributed by atoms with Crippen molar-refractivity contribution in [3.05, 3.63) is 94.2 Å². The van der Waals surface area contributed by atoms with E-state index >= 15 is 0 Å². The normalized spacial score (nSPS) is 14.5. The summed E-state index contributed by atoms with van der Waals surface area (Å²) in [5.74, 6) is -1.28. The lowest BCUT2D eigenvalue weighted by Crippen LogP contribution is -2.52. The number of carbonyl (C=O) groups is 2. The zero-order chi connectivity index (χ0) is 28.9. The first-order valence-electron chi connectivity index (χ1n) is 13.2. The molecule has 212 valence electrons. The molecular weight excluding hydrogens is 597 g/mol. The maximum Gasteiger partial charge on any atom is 0.264 e. The van der Waals surface area contributed by atoms with Crippen LogP contribution in [0.1, 0.15) is 43.7 Å². The summed E-state index contributed by atoms with van der Waals surface area (Å²) in [6, 6.07) is 17.9. The van der Waals surface area contributed by atoms with Crippen LogP contribution in [0, 0.1) is 12.7 Å². The predicted molar refractivity (Wildman–Crippen MR) is 157 cm³/mol. The quantitative estimate of drug-likeness (QED) is 0.318. The second kappa shape index (κ2) is 13.0. The Kier molecular flexibility index (Phi) is 9.63. The molecule has 0 radical (unpaired) electrons. The van der Waals surface area contributed by atoms with Crippen LogP contribution in [0.5, 0.6) is 0 Å². The first kappa shape index (κ1) is 29.7. The number of anilines is 1. The van der Waals surface area contributed by atoms with E-state index in [0.717, 1.165) is 40.0 Å². The molecule has 1 aliphatic rings. The van der Waals surface area contributed by atoms with Gasteiger partial charge in [0.25, 0.3) is 10.0 Å². The van der Waals surface area contributed by atoms with Crippen LogP contribution in [0.4, 0.5) is 10.1 Å². The summed E-state index contributed by atoms with van der Waals surface area (Å²) < 4.78 is 43.1. The Morgan fingerprint density at radius 2 is 1.57 bits per heavy atom. The lowest BCUT2D eigenvalue weighted by Gasteiger charge is -2.32. The van der Waals surface area contributed by atoms with Gasteiger partial charge in [0.1, 0.15) is 18.4 Å². The molecule has 1 saturated carbocycles. The second-order valence-corrected chi connectivity index (χ2v) is 12.9. The number of aryl methyl sites for hydroxylation is 1. The third-order valence-electron chi connectivity index (χ3n) is 7.14. The molecule has 1 atom stereocenters. The van der Waals surface area contributed by atoms with Gasteiger partial charge in [0.05, 0.1) is 10.6 Å². The van der Waals surface area contributed by atoms with Crippen molar-refractivity contribution in [2.45, 2.75) is 63.1 Å². The third kappa shape index (κ3) is 7.28. The van der Waals surface area contributed by atoms with Crippen LogP contribution in [-0.2, 0) is 26.2 Å². The van der Waals surface area contributed by atoms with Gasteiger partial charge in [0, 0.05) is 17.1 Å². The molecule has 0 saturated heterocycles. The SMILES string of the molecule is Cc1ccc(S(=O)(=O)N(CC(=O)N(Cc2ccc(F)cc2)C(C)C(=O)NC2CCCC2)c2ccc(Br)cc2)cc1. The van der Waals surface area contributed by atoms with E-state index in [9.17, 15) is 22.4 Å². The fraction of sp³-hybridized carbons (Fsp3) is 0.333. The van der Waals surface area contributed by atoms with Crippen LogP contribution in [0.3, 0.4) is 0 Å². The number of hydrogen-bond donors (Lipinski definition) is 1. The summed E-state index contributed by atoms with van der Waals surface area (Å²) in [5.41, 5.74) is 1.83. The topological polar surface area (TPSA) is 86.8 Å². The Bertz CT molecular complexity index is 1430. The first-order valence-corrected chi connectivity index (χ1v) is 15.5. The van der Waals surface area contributed by atoms with Crippen molar-refractivity contribution in [1.82, 2.24) is 10.2 Å². The van der Waals surface area contributed by atoms with Crippen LogP contribution in [0.25, 0.3) is 0 Å². The zero-order valence-corrected chi connectivity index (χ0v) is 24.9. The minimum Gasteiger partial charge on any atom is -0.352 e. The molecule has 4 rings (SSSR count). The molecule has 1 aliphatic carbocycles. The summed E-state index contributed by atoms with van der Waals surface area (Å²) in [6.07, 6.45) is 3.85. The Hall–Kier alpha value is -3.24. The smallest absolute Gasteiger partial charge is 0.264 e. The first-order chi connectivity index (χ1) is 19.0. The maximum atomic E-state index is 13.9. The average molecular weight is 631 g/mol. The molecule has 1 N–H and O–H groups in total. The predicted octanol–water partition coefficient (Wildman–Crippen LogP) is 5.57. The number of halogens is 2. The highest BCUT2D eigenvalue weighted by Gasteiger charge is 2.33. The molecule has 3 aromatic carbocycles. The summed E-state index contributed by atoms with van der Waals surface area (Å²) in [5, 5.41) is 3.03. The lowest BCUT2D eigenvalue weighted by molar-refractivity contribution is -0.139. The molecule has 0 bridgehead atoms. The van der Waals surface area contributed by atoms with E-state index in [-0.39, 0.29) is 23.4 Å². The van der Waals surface area contributed by atoms with Gasteiger partial charge in [0.15, 0.2) is 0 Å². The van der Waals surface area contributed by atoms with Gasteiger partial charge in [-0.25, -0.2) is 12.8 Å². The summed E-state index contributed by atoms with van der Waals surface area (Å²) >= 11 is 3.37. The molecule has 2 amide bonds. The zero-order valence-electron chi connectivity index (χ0n) is 22.5. The van der Waals surface area contributed by atoms with Crippen molar-refractivity contribution >= 4 is 43.5 Å². The highest BCUT2D eigenvalue weighted by molar-refractivity contribution is 9.10. The highest BCUT2D eigenvalue weighted by atomic mass is 79.9. The summed E-state index contributed by atoms with van der Waals surface area (Å²) in [6.45, 7) is 2.97. The molecule has 0 aliphatic heterocycles. The van der Waals surface area contributed by atoms with Crippen LogP contribution in [-0.4, -0.2) is 43.8 Å². The Morgan fingerprint density at radius 3 is 2.17 bits per heavy atom. The number of nitrogens with one attached hydrogen (secondary N) is 1. The lowest BCUT2D eigenvalue weighted by atomic mass is 10.1. The molecule has 10 heteroatoms. The van der Waals surface area contributed by atoms with Gasteiger partial charge in [-0.05, 0) is 80.8 Å². The van der Waals surface area contributed by atoms with Gasteiger partial charge < -0.3 is 10.2 Å². The molecule has 0 spiro atoms. The fourth-order valence-corrected chi connectivity index (χ4v) is 6.41. The molecule has 0 aromatic heterocycles. The maximum absolute atomic E-state index is 13.9. The van der Waals surface area contributed by atoms with Crippen LogP contribution in [0.15, 0.2) is 82.2 Å². The van der Waals surface area contributed by atoms with E-state index in [0.29, 0.717) is 11.3 Å². The fourth-order valence-electron chi connectivity index (χ4n) is 4.73. The third-order valence-corrected chi connectivity index (χ3v) is 9.45. The number of benzene rings is 3. The van der Waals surface area contributed by atoms with E-state index in [1.807, 2.05) is 6.92 Å². The summed E-state index contributed by atoms with van der Waals surface area (Å²) in [4.78, 5) is 28.6. The van der Waals surface area contributed by atoms with E-state index in [2.05, 4.69) is 21.2 Å². The number of carbonyl (C=O) groups excluding carboxylic acids is 2. The van der Waals surface area contributed by atoms with Crippen molar-refractivity contribution in [2.24, 2.45) is 0 Å². The van der Waals surface area contributed by atoms with Gasteiger partial charge >= 0.3 is 0 Å². The molecule has 7 nitrogen and oxygen atoms in total. The largest absolute Gasteiger partial charge is 0.352 e. The van der Waals surface area contributed by atoms with Crippen LogP contribution in [0.2, 0.25) is 0 Å². The molecule has 1 fully saturated rings. The minimum absolute atomic E-state index is 0.0110. The molecule has 3 aromatic rings. The number of nitrogens with zero attached hydrogens (tertiary/aromatic N) is 2. The van der Waals surface area contributed by atoms with Gasteiger partial charge in [-0.2, -0.15) is 0 Å². The highest BCUT2D eigenvalue weighted by Crippen LogP contribution is 2.26. The van der Waals surface area contributed by atoms with Gasteiger partial charge in [0.2, 0.25) is 11.8 Å². The van der Waals surface area contributed by atoms with E-state index in [1.54, 1.807) is 55.5 Å². The molecule has 40 heavy (non-hydrogen) atoms. The van der Waals surface area contributed by atoms with Gasteiger partial charge in [-0.15, -0.1) is 0 Å². The van der Waals surface area contributed by atoms with E-state index < -0.39 is 34.3 Å². The molecular formula is C30H33BrFN3O4S. The van der Waals surface area contributed by atoms with Crippen molar-refractivity contribution < 1.29 is 22.4 Å². The van der Waals surface area contributed by atoms with Crippen LogP contribution < -0.4 is 9.62 Å². The van der Waals surface area contributed by atoms with E-state index in [1.165, 1.54) is 29.2 Å². The number of sulfonamides is 1. The second-order valence-electron chi connectivity index (χ2n) is 10.1. The summed E-state index contributed by atoms with van der Waals surface area (Å²) in [7, 11) is -4.13. The van der Waals surface area contributed by atoms with Crippen molar-refractivity contribution in [3.8, 4) is 0 Å². The minimum atomic E-state index is -4.13. The Labute approximate surface area is 243 Å². The molecule has 1 unspecified atom stereocenters. The van der Waals surface area contributed by atoms with Crippen molar-refractivity contribution in [2.75, 3.05) is 10.8 Å². The van der Waals surface area contributed by atoms with E-state index in [4.69, 9.17) is 0 Å². The average Bonchev–Trinajstić information content (AvgIpc) is 3.44. The Morgan fingerprint density at radius 1 is 0.975 bits per heavy atom. The monoisotopic (exact) mass is 629 g/mol. The Balaban J connectivity index is 1.67. The number of hydrogen-bond acceptors (Lipinski definition) is 4. The van der Waals surface area contributed by atoms with Gasteiger partial charge in [-0.1, -0.05) is 58.6 Å².